The molecule has 5 nitrogen and oxygen atoms in total. The Kier molecular flexibility index (Phi) is 3.81. The van der Waals surface area contributed by atoms with Crippen LogP contribution < -0.4 is 5.32 Å². The van der Waals surface area contributed by atoms with Gasteiger partial charge < -0.3 is 15.2 Å². The predicted molar refractivity (Wildman–Crippen MR) is 81.8 cm³/mol. The molecule has 0 bridgehead atoms. The summed E-state index contributed by atoms with van der Waals surface area (Å²) < 4.78 is 5.22. The minimum Gasteiger partial charge on any atom is -0.480 e. The SMILES string of the molecule is O=C(NC1(C(=O)O)CCOCC1)c1cccc2ccccc12. The second-order valence-electron chi connectivity index (χ2n) is 5.48. The molecule has 1 aliphatic rings. The molecule has 1 saturated heterocycles. The summed E-state index contributed by atoms with van der Waals surface area (Å²) in [5.74, 6) is -1.37. The predicted octanol–water partition coefficient (Wildman–Crippen LogP) is 2.20. The Labute approximate surface area is 127 Å². The van der Waals surface area contributed by atoms with E-state index in [0.29, 0.717) is 18.8 Å². The number of benzene rings is 2. The second-order valence-corrected chi connectivity index (χ2v) is 5.48. The minimum atomic E-state index is -1.24. The van der Waals surface area contributed by atoms with Gasteiger partial charge in [0.15, 0.2) is 0 Å². The van der Waals surface area contributed by atoms with E-state index in [1.54, 1.807) is 12.1 Å². The molecule has 0 spiro atoms. The molecule has 2 N–H and O–H groups in total. The summed E-state index contributed by atoms with van der Waals surface area (Å²) in [5, 5.41) is 14.0. The number of ether oxygens (including phenoxy) is 1. The molecular weight excluding hydrogens is 282 g/mol. The average Bonchev–Trinajstić information content (AvgIpc) is 2.55. The van der Waals surface area contributed by atoms with E-state index < -0.39 is 11.5 Å². The van der Waals surface area contributed by atoms with Gasteiger partial charge >= 0.3 is 5.97 Å². The van der Waals surface area contributed by atoms with Crippen LogP contribution in [0.3, 0.4) is 0 Å². The Hall–Kier alpha value is -2.40. The smallest absolute Gasteiger partial charge is 0.329 e. The third-order valence-electron chi connectivity index (χ3n) is 4.14. The zero-order valence-electron chi connectivity index (χ0n) is 12.0. The quantitative estimate of drug-likeness (QED) is 0.911. The number of rotatable bonds is 3. The molecule has 114 valence electrons. The van der Waals surface area contributed by atoms with Crippen molar-refractivity contribution < 1.29 is 19.4 Å². The molecule has 0 radical (unpaired) electrons. The molecule has 1 heterocycles. The minimum absolute atomic E-state index is 0.277. The topological polar surface area (TPSA) is 75.6 Å². The number of hydrogen-bond acceptors (Lipinski definition) is 3. The molecule has 0 aliphatic carbocycles. The van der Waals surface area contributed by atoms with Crippen LogP contribution >= 0.6 is 0 Å². The molecular formula is C17H17NO4. The van der Waals surface area contributed by atoms with Gasteiger partial charge in [-0.3, -0.25) is 4.79 Å². The van der Waals surface area contributed by atoms with Gasteiger partial charge in [0.25, 0.3) is 5.91 Å². The second kappa shape index (κ2) is 5.77. The summed E-state index contributed by atoms with van der Waals surface area (Å²) in [5.41, 5.74) is -0.753. The summed E-state index contributed by atoms with van der Waals surface area (Å²) in [6.07, 6.45) is 0.553. The lowest BCUT2D eigenvalue weighted by atomic mass is 9.89. The molecule has 22 heavy (non-hydrogen) atoms. The van der Waals surface area contributed by atoms with Gasteiger partial charge in [-0.15, -0.1) is 0 Å². The van der Waals surface area contributed by atoms with Crippen molar-refractivity contribution in [3.8, 4) is 0 Å². The van der Waals surface area contributed by atoms with E-state index in [0.717, 1.165) is 10.8 Å². The number of carboxylic acid groups (broad SMARTS) is 1. The number of aliphatic carboxylic acids is 1. The highest BCUT2D eigenvalue weighted by Crippen LogP contribution is 2.24. The maximum Gasteiger partial charge on any atom is 0.329 e. The van der Waals surface area contributed by atoms with Gasteiger partial charge in [0.05, 0.1) is 0 Å². The number of carbonyl (C=O) groups excluding carboxylic acids is 1. The first-order valence-electron chi connectivity index (χ1n) is 7.24. The molecule has 3 rings (SSSR count). The van der Waals surface area contributed by atoms with Crippen molar-refractivity contribution in [2.24, 2.45) is 0 Å². The molecule has 2 aromatic carbocycles. The highest BCUT2D eigenvalue weighted by atomic mass is 16.5. The number of nitrogens with one attached hydrogen (secondary N) is 1. The van der Waals surface area contributed by atoms with Crippen LogP contribution in [0.4, 0.5) is 0 Å². The van der Waals surface area contributed by atoms with Crippen LogP contribution in [0.2, 0.25) is 0 Å². The van der Waals surface area contributed by atoms with Crippen molar-refractivity contribution in [3.63, 3.8) is 0 Å². The van der Waals surface area contributed by atoms with E-state index in [2.05, 4.69) is 5.32 Å². The summed E-state index contributed by atoms with van der Waals surface area (Å²) >= 11 is 0. The van der Waals surface area contributed by atoms with Crippen LogP contribution in [-0.4, -0.2) is 35.7 Å². The van der Waals surface area contributed by atoms with Crippen LogP contribution in [0, 0.1) is 0 Å². The van der Waals surface area contributed by atoms with Crippen molar-refractivity contribution in [2.45, 2.75) is 18.4 Å². The Balaban J connectivity index is 1.94. The molecule has 0 saturated carbocycles. The maximum atomic E-state index is 12.6. The molecule has 0 unspecified atom stereocenters. The van der Waals surface area contributed by atoms with Gasteiger partial charge in [-0.2, -0.15) is 0 Å². The molecule has 1 fully saturated rings. The van der Waals surface area contributed by atoms with Gasteiger partial charge in [-0.1, -0.05) is 36.4 Å². The monoisotopic (exact) mass is 299 g/mol. The summed E-state index contributed by atoms with van der Waals surface area (Å²) in [7, 11) is 0. The van der Waals surface area contributed by atoms with Crippen LogP contribution in [0.5, 0.6) is 0 Å². The van der Waals surface area contributed by atoms with Gasteiger partial charge in [0.2, 0.25) is 0 Å². The summed E-state index contributed by atoms with van der Waals surface area (Å²) in [6, 6.07) is 13.0. The fourth-order valence-corrected chi connectivity index (χ4v) is 2.82. The van der Waals surface area contributed by atoms with Gasteiger partial charge in [-0.25, -0.2) is 4.79 Å². The third-order valence-corrected chi connectivity index (χ3v) is 4.14. The first-order valence-corrected chi connectivity index (χ1v) is 7.24. The van der Waals surface area contributed by atoms with Crippen molar-refractivity contribution >= 4 is 22.6 Å². The molecule has 1 aliphatic heterocycles. The highest BCUT2D eigenvalue weighted by Gasteiger charge is 2.41. The van der Waals surface area contributed by atoms with E-state index in [4.69, 9.17) is 4.74 Å². The Morgan fingerprint density at radius 1 is 1.05 bits per heavy atom. The molecule has 5 heteroatoms. The fourth-order valence-electron chi connectivity index (χ4n) is 2.82. The first-order chi connectivity index (χ1) is 10.6. The lowest BCUT2D eigenvalue weighted by Gasteiger charge is -2.34. The number of carbonyl (C=O) groups is 2. The summed E-state index contributed by atoms with van der Waals surface area (Å²) in [4.78, 5) is 24.3. The maximum absolute atomic E-state index is 12.6. The van der Waals surface area contributed by atoms with E-state index in [1.165, 1.54) is 0 Å². The number of hydrogen-bond donors (Lipinski definition) is 2. The Morgan fingerprint density at radius 3 is 2.45 bits per heavy atom. The van der Waals surface area contributed by atoms with Crippen molar-refractivity contribution in [1.82, 2.24) is 5.32 Å². The van der Waals surface area contributed by atoms with Crippen molar-refractivity contribution in [3.05, 3.63) is 48.0 Å². The Bertz CT molecular complexity index is 714. The zero-order chi connectivity index (χ0) is 15.6. The molecule has 0 aromatic heterocycles. The standard InChI is InChI=1S/C17H17NO4/c19-15(18-17(16(20)21)8-10-22-11-9-17)14-7-3-5-12-4-1-2-6-13(12)14/h1-7H,8-11H2,(H,18,19)(H,20,21). The normalized spacial score (nSPS) is 17.1. The fraction of sp³-hybridized carbons (Fsp3) is 0.294. The van der Waals surface area contributed by atoms with E-state index in [1.807, 2.05) is 30.3 Å². The van der Waals surface area contributed by atoms with Gasteiger partial charge in [-0.05, 0) is 16.8 Å². The van der Waals surface area contributed by atoms with Crippen LogP contribution in [0.25, 0.3) is 10.8 Å². The van der Waals surface area contributed by atoms with Crippen LogP contribution in [-0.2, 0) is 9.53 Å². The largest absolute Gasteiger partial charge is 0.480 e. The summed E-state index contributed by atoms with van der Waals surface area (Å²) in [6.45, 7) is 0.671. The molecule has 1 amide bonds. The number of fused-ring (bicyclic) bond motifs is 1. The third kappa shape index (κ3) is 2.55. The zero-order valence-corrected chi connectivity index (χ0v) is 12.0. The van der Waals surface area contributed by atoms with Gasteiger partial charge in [0.1, 0.15) is 5.54 Å². The molecule has 2 aromatic rings. The van der Waals surface area contributed by atoms with E-state index in [-0.39, 0.29) is 18.7 Å². The van der Waals surface area contributed by atoms with Crippen LogP contribution in [0.15, 0.2) is 42.5 Å². The van der Waals surface area contributed by atoms with Crippen molar-refractivity contribution in [1.29, 1.82) is 0 Å². The highest BCUT2D eigenvalue weighted by molar-refractivity contribution is 6.08. The van der Waals surface area contributed by atoms with Gasteiger partial charge in [0, 0.05) is 31.6 Å². The molecule has 0 atom stereocenters. The number of carboxylic acids is 1. The Morgan fingerprint density at radius 2 is 1.73 bits per heavy atom. The van der Waals surface area contributed by atoms with Crippen LogP contribution in [0.1, 0.15) is 23.2 Å². The van der Waals surface area contributed by atoms with E-state index >= 15 is 0 Å². The number of amides is 1. The average molecular weight is 299 g/mol. The lowest BCUT2D eigenvalue weighted by Crippen LogP contribution is -2.57. The lowest BCUT2D eigenvalue weighted by molar-refractivity contribution is -0.148. The van der Waals surface area contributed by atoms with Crippen molar-refractivity contribution in [2.75, 3.05) is 13.2 Å². The first kappa shape index (κ1) is 14.5. The van der Waals surface area contributed by atoms with E-state index in [9.17, 15) is 14.7 Å².